The molecule has 21 heavy (non-hydrogen) atoms. The van der Waals surface area contributed by atoms with Gasteiger partial charge in [0.2, 0.25) is 0 Å². The van der Waals surface area contributed by atoms with E-state index >= 15 is 0 Å². The molecule has 5 nitrogen and oxygen atoms in total. The lowest BCUT2D eigenvalue weighted by atomic mass is 9.83. The zero-order valence-electron chi connectivity index (χ0n) is 13.6. The number of hydrogen-bond donors (Lipinski definition) is 2. The van der Waals surface area contributed by atoms with Gasteiger partial charge in [0, 0.05) is 18.6 Å². The molecule has 1 rings (SSSR count). The minimum atomic E-state index is -0.868. The van der Waals surface area contributed by atoms with Crippen LogP contribution in [-0.2, 0) is 4.79 Å². The Balaban J connectivity index is 2.59. The molecule has 0 aliphatic heterocycles. The summed E-state index contributed by atoms with van der Waals surface area (Å²) in [6, 6.07) is -0.191. The lowest BCUT2D eigenvalue weighted by molar-refractivity contribution is -0.138. The summed E-state index contributed by atoms with van der Waals surface area (Å²) in [6.45, 7) is 6.32. The smallest absolute Gasteiger partial charge is 0.317 e. The molecule has 0 aromatic rings. The minimum absolute atomic E-state index is 0.0124. The Morgan fingerprint density at radius 2 is 1.86 bits per heavy atom. The average Bonchev–Trinajstić information content (AvgIpc) is 2.45. The number of amides is 2. The van der Waals surface area contributed by atoms with Crippen LogP contribution in [0, 0.1) is 5.92 Å². The van der Waals surface area contributed by atoms with Gasteiger partial charge < -0.3 is 15.3 Å². The summed E-state index contributed by atoms with van der Waals surface area (Å²) in [4.78, 5) is 24.9. The number of urea groups is 1. The summed E-state index contributed by atoms with van der Waals surface area (Å²) in [6.07, 6.45) is 7.11. The van der Waals surface area contributed by atoms with E-state index in [-0.39, 0.29) is 24.5 Å². The van der Waals surface area contributed by atoms with Crippen molar-refractivity contribution in [2.45, 2.75) is 77.8 Å². The van der Waals surface area contributed by atoms with Crippen molar-refractivity contribution >= 4 is 12.0 Å². The summed E-state index contributed by atoms with van der Waals surface area (Å²) in [5, 5.41) is 12.0. The van der Waals surface area contributed by atoms with Gasteiger partial charge in [-0.15, -0.1) is 0 Å². The summed E-state index contributed by atoms with van der Waals surface area (Å²) in [5.74, 6) is -0.297. The molecule has 0 saturated heterocycles. The molecule has 2 N–H and O–H groups in total. The lowest BCUT2D eigenvalue weighted by Gasteiger charge is -2.34. The Hall–Kier alpha value is -1.26. The van der Waals surface area contributed by atoms with Crippen molar-refractivity contribution in [3.05, 3.63) is 0 Å². The Morgan fingerprint density at radius 3 is 2.33 bits per heavy atom. The van der Waals surface area contributed by atoms with Crippen molar-refractivity contribution in [2.24, 2.45) is 5.92 Å². The molecule has 1 aliphatic carbocycles. The highest BCUT2D eigenvalue weighted by Gasteiger charge is 2.27. The van der Waals surface area contributed by atoms with Crippen LogP contribution in [0.15, 0.2) is 0 Å². The Bertz CT molecular complexity index is 340. The van der Waals surface area contributed by atoms with E-state index in [4.69, 9.17) is 5.11 Å². The average molecular weight is 298 g/mol. The number of carbonyl (C=O) groups is 2. The van der Waals surface area contributed by atoms with Crippen molar-refractivity contribution in [1.82, 2.24) is 10.2 Å². The molecule has 0 heterocycles. The van der Waals surface area contributed by atoms with Crippen molar-refractivity contribution in [3.8, 4) is 0 Å². The van der Waals surface area contributed by atoms with E-state index in [9.17, 15) is 9.59 Å². The first kappa shape index (κ1) is 17.8. The Morgan fingerprint density at radius 1 is 1.24 bits per heavy atom. The monoisotopic (exact) mass is 298 g/mol. The molecule has 2 amide bonds. The third-order valence-electron chi connectivity index (χ3n) is 4.57. The maximum atomic E-state index is 12.4. The van der Waals surface area contributed by atoms with Crippen LogP contribution in [0.5, 0.6) is 0 Å². The van der Waals surface area contributed by atoms with Gasteiger partial charge in [-0.3, -0.25) is 4.79 Å². The van der Waals surface area contributed by atoms with Gasteiger partial charge in [0.1, 0.15) is 0 Å². The van der Waals surface area contributed by atoms with Crippen LogP contribution in [0.4, 0.5) is 4.79 Å². The fourth-order valence-corrected chi connectivity index (χ4v) is 3.35. The van der Waals surface area contributed by atoms with Gasteiger partial charge >= 0.3 is 12.0 Å². The highest BCUT2D eigenvalue weighted by atomic mass is 16.4. The van der Waals surface area contributed by atoms with Gasteiger partial charge in [-0.2, -0.15) is 0 Å². The van der Waals surface area contributed by atoms with E-state index in [1.165, 1.54) is 32.1 Å². The Labute approximate surface area is 128 Å². The third kappa shape index (κ3) is 5.56. The van der Waals surface area contributed by atoms with E-state index in [1.807, 2.05) is 6.92 Å². The van der Waals surface area contributed by atoms with Crippen LogP contribution >= 0.6 is 0 Å². The van der Waals surface area contributed by atoms with Gasteiger partial charge in [-0.05, 0) is 39.0 Å². The van der Waals surface area contributed by atoms with Crippen LogP contribution in [0.25, 0.3) is 0 Å². The van der Waals surface area contributed by atoms with Gasteiger partial charge in [0.05, 0.1) is 6.42 Å². The molecule has 1 fully saturated rings. The molecule has 122 valence electrons. The minimum Gasteiger partial charge on any atom is -0.481 e. The highest BCUT2D eigenvalue weighted by Crippen LogP contribution is 2.27. The standard InChI is InChI=1S/C16H30N2O3/c1-4-14(13-9-7-6-8-10-13)17-16(21)18(5-2)12(3)11-15(19)20/h12-14H,4-11H2,1-3H3,(H,17,21)(H,19,20). The fraction of sp³-hybridized carbons (Fsp3) is 0.875. The number of carboxylic acid groups (broad SMARTS) is 1. The molecular weight excluding hydrogens is 268 g/mol. The largest absolute Gasteiger partial charge is 0.481 e. The van der Waals surface area contributed by atoms with Crippen molar-refractivity contribution < 1.29 is 14.7 Å². The maximum absolute atomic E-state index is 12.4. The molecule has 0 aromatic heterocycles. The zero-order valence-corrected chi connectivity index (χ0v) is 13.6. The normalized spacial score (nSPS) is 18.8. The number of carboxylic acids is 1. The molecule has 0 spiro atoms. The number of nitrogens with zero attached hydrogens (tertiary/aromatic N) is 1. The second-order valence-corrected chi connectivity index (χ2v) is 6.10. The molecule has 5 heteroatoms. The second kappa shape index (κ2) is 8.90. The van der Waals surface area contributed by atoms with E-state index in [0.29, 0.717) is 12.5 Å². The summed E-state index contributed by atoms with van der Waals surface area (Å²) < 4.78 is 0. The van der Waals surface area contributed by atoms with Gasteiger partial charge in [0.25, 0.3) is 0 Å². The predicted molar refractivity (Wildman–Crippen MR) is 83.3 cm³/mol. The summed E-state index contributed by atoms with van der Waals surface area (Å²) in [5.41, 5.74) is 0. The van der Waals surface area contributed by atoms with E-state index in [0.717, 1.165) is 6.42 Å². The molecule has 0 bridgehead atoms. The van der Waals surface area contributed by atoms with E-state index in [2.05, 4.69) is 12.2 Å². The molecule has 1 aliphatic rings. The number of nitrogens with one attached hydrogen (secondary N) is 1. The predicted octanol–water partition coefficient (Wildman–Crippen LogP) is 3.24. The molecule has 2 atom stereocenters. The summed E-state index contributed by atoms with van der Waals surface area (Å²) in [7, 11) is 0. The van der Waals surface area contributed by atoms with Crippen LogP contribution < -0.4 is 5.32 Å². The lowest BCUT2D eigenvalue weighted by Crippen LogP contribution is -2.50. The number of rotatable bonds is 7. The van der Waals surface area contributed by atoms with Crippen molar-refractivity contribution in [2.75, 3.05) is 6.54 Å². The fourth-order valence-electron chi connectivity index (χ4n) is 3.35. The number of carbonyl (C=O) groups excluding carboxylic acids is 1. The molecule has 0 aromatic carbocycles. The maximum Gasteiger partial charge on any atom is 0.317 e. The molecule has 1 saturated carbocycles. The van der Waals surface area contributed by atoms with Gasteiger partial charge in [-0.1, -0.05) is 26.2 Å². The highest BCUT2D eigenvalue weighted by molar-refractivity contribution is 5.76. The SMILES string of the molecule is CCC(NC(=O)N(CC)C(C)CC(=O)O)C1CCCCC1. The van der Waals surface area contributed by atoms with E-state index < -0.39 is 5.97 Å². The number of hydrogen-bond acceptors (Lipinski definition) is 2. The second-order valence-electron chi connectivity index (χ2n) is 6.10. The summed E-state index contributed by atoms with van der Waals surface area (Å²) >= 11 is 0. The van der Waals surface area contributed by atoms with Crippen molar-refractivity contribution in [1.29, 1.82) is 0 Å². The number of aliphatic carboxylic acids is 1. The van der Waals surface area contributed by atoms with Crippen LogP contribution in [-0.4, -0.2) is 40.6 Å². The zero-order chi connectivity index (χ0) is 15.8. The first-order valence-corrected chi connectivity index (χ1v) is 8.28. The molecular formula is C16H30N2O3. The van der Waals surface area contributed by atoms with Crippen LogP contribution in [0.2, 0.25) is 0 Å². The van der Waals surface area contributed by atoms with Gasteiger partial charge in [-0.25, -0.2) is 4.79 Å². The van der Waals surface area contributed by atoms with Crippen molar-refractivity contribution in [3.63, 3.8) is 0 Å². The van der Waals surface area contributed by atoms with Crippen LogP contribution in [0.3, 0.4) is 0 Å². The topological polar surface area (TPSA) is 69.6 Å². The first-order valence-electron chi connectivity index (χ1n) is 8.28. The van der Waals surface area contributed by atoms with Crippen LogP contribution in [0.1, 0.15) is 65.7 Å². The van der Waals surface area contributed by atoms with Gasteiger partial charge in [0.15, 0.2) is 0 Å². The Kier molecular flexibility index (Phi) is 7.54. The third-order valence-corrected chi connectivity index (χ3v) is 4.57. The van der Waals surface area contributed by atoms with E-state index in [1.54, 1.807) is 11.8 Å². The molecule has 2 unspecified atom stereocenters. The quantitative estimate of drug-likeness (QED) is 0.758. The molecule has 0 radical (unpaired) electrons. The first-order chi connectivity index (χ1) is 9.99.